The van der Waals surface area contributed by atoms with E-state index >= 15 is 0 Å². The first kappa shape index (κ1) is 20.1. The second-order valence-corrected chi connectivity index (χ2v) is 13.2. The summed E-state index contributed by atoms with van der Waals surface area (Å²) < 4.78 is 0. The van der Waals surface area contributed by atoms with E-state index in [2.05, 4.69) is 65.1 Å². The van der Waals surface area contributed by atoms with Crippen LogP contribution in [0.2, 0.25) is 19.1 Å². The van der Waals surface area contributed by atoms with Crippen molar-refractivity contribution in [3.8, 4) is 0 Å². The molecule has 138 valence electrons. The van der Waals surface area contributed by atoms with Crippen LogP contribution in [0.25, 0.3) is 0 Å². The summed E-state index contributed by atoms with van der Waals surface area (Å²) in [6.07, 6.45) is 1.83. The van der Waals surface area contributed by atoms with Crippen molar-refractivity contribution >= 4 is 24.7 Å². The molecule has 2 unspecified atom stereocenters. The maximum Gasteiger partial charge on any atom is 0.0913 e. The fraction of sp³-hybridized carbons (Fsp3) is 0.619. The van der Waals surface area contributed by atoms with E-state index in [-0.39, 0.29) is 12.1 Å². The van der Waals surface area contributed by atoms with Gasteiger partial charge in [-0.2, -0.15) is 0 Å². The fourth-order valence-electron chi connectivity index (χ4n) is 3.62. The summed E-state index contributed by atoms with van der Waals surface area (Å²) in [5, 5.41) is 10.6. The first-order valence-corrected chi connectivity index (χ1v) is 12.7. The normalized spacial score (nSPS) is 21.3. The van der Waals surface area contributed by atoms with E-state index in [0.717, 1.165) is 24.6 Å². The van der Waals surface area contributed by atoms with Crippen LogP contribution in [0.3, 0.4) is 0 Å². The number of rotatable bonds is 7. The molecule has 0 aromatic heterocycles. The van der Waals surface area contributed by atoms with Crippen LogP contribution >= 0.6 is 0 Å². The summed E-state index contributed by atoms with van der Waals surface area (Å²) >= 11 is 0. The van der Waals surface area contributed by atoms with Crippen LogP contribution in [0.4, 0.5) is 0 Å². The maximum absolute atomic E-state index is 9.10. The molecule has 2 rings (SSSR count). The molecule has 0 radical (unpaired) electrons. The molecule has 1 aliphatic rings. The van der Waals surface area contributed by atoms with Crippen molar-refractivity contribution in [2.75, 3.05) is 6.61 Å². The number of aliphatic hydroxyl groups is 1. The van der Waals surface area contributed by atoms with Crippen LogP contribution in [-0.2, 0) is 6.42 Å². The molecule has 0 saturated heterocycles. The summed E-state index contributed by atoms with van der Waals surface area (Å²) in [6.45, 7) is 13.7. The van der Waals surface area contributed by atoms with Crippen LogP contribution in [-0.4, -0.2) is 43.3 Å². The quantitative estimate of drug-likeness (QED) is 0.739. The Bertz CT molecular complexity index is 632. The van der Waals surface area contributed by atoms with E-state index < -0.39 is 8.07 Å². The number of hydrogen-bond donors (Lipinski definition) is 1. The third kappa shape index (κ3) is 5.11. The van der Waals surface area contributed by atoms with E-state index in [1.54, 1.807) is 0 Å². The number of nitrogens with zero attached hydrogens (tertiary/aromatic N) is 2. The molecule has 0 aliphatic carbocycles. The van der Waals surface area contributed by atoms with Gasteiger partial charge in [0, 0.05) is 24.5 Å². The van der Waals surface area contributed by atoms with E-state index in [9.17, 15) is 0 Å². The zero-order valence-corrected chi connectivity index (χ0v) is 17.7. The second kappa shape index (κ2) is 8.41. The fourth-order valence-corrected chi connectivity index (χ4v) is 6.02. The average Bonchev–Trinajstić information content (AvgIpc) is 2.56. The molecule has 1 heterocycles. The molecule has 0 saturated carbocycles. The molecular formula is C21H34N2OSi. The lowest BCUT2D eigenvalue weighted by Gasteiger charge is -2.27. The summed E-state index contributed by atoms with van der Waals surface area (Å²) in [5.74, 6) is 0.505. The standard InChI is InChI=1S/C21H34N2OSi/c1-15(2)21-17(4)22-20(16(3)23-21)14-18-8-10-19(11-9-18)25(5,6)13-7-12-24/h8-11,15,20-21,24H,7,12-14H2,1-6H3. The molecule has 1 aliphatic heterocycles. The molecule has 1 aromatic rings. The van der Waals surface area contributed by atoms with Gasteiger partial charge in [-0.05, 0) is 31.7 Å². The van der Waals surface area contributed by atoms with E-state index in [1.807, 2.05) is 0 Å². The Kier molecular flexibility index (Phi) is 6.75. The Morgan fingerprint density at radius 1 is 1.04 bits per heavy atom. The third-order valence-electron chi connectivity index (χ3n) is 5.37. The zero-order chi connectivity index (χ0) is 18.6. The first-order valence-electron chi connectivity index (χ1n) is 9.53. The highest BCUT2D eigenvalue weighted by molar-refractivity contribution is 6.89. The van der Waals surface area contributed by atoms with Gasteiger partial charge >= 0.3 is 0 Å². The van der Waals surface area contributed by atoms with Crippen LogP contribution < -0.4 is 5.19 Å². The molecule has 0 bridgehead atoms. The number of aliphatic hydroxyl groups excluding tert-OH is 1. The highest BCUT2D eigenvalue weighted by Crippen LogP contribution is 2.19. The Labute approximate surface area is 154 Å². The molecule has 0 amide bonds. The van der Waals surface area contributed by atoms with E-state index in [1.165, 1.54) is 16.5 Å². The summed E-state index contributed by atoms with van der Waals surface area (Å²) in [5.41, 5.74) is 3.65. The minimum Gasteiger partial charge on any atom is -0.396 e. The average molecular weight is 359 g/mol. The van der Waals surface area contributed by atoms with Crippen molar-refractivity contribution in [1.82, 2.24) is 0 Å². The Hall–Kier alpha value is -1.26. The predicted octanol–water partition coefficient (Wildman–Crippen LogP) is 3.86. The SMILES string of the molecule is CC1=NC(C(C)C)C(C)=NC1Cc1ccc([Si](C)(C)CCCO)cc1. The lowest BCUT2D eigenvalue weighted by molar-refractivity contribution is 0.294. The largest absolute Gasteiger partial charge is 0.396 e. The smallest absolute Gasteiger partial charge is 0.0913 e. The first-order chi connectivity index (χ1) is 11.7. The molecule has 2 atom stereocenters. The minimum absolute atomic E-state index is 0.181. The van der Waals surface area contributed by atoms with E-state index in [4.69, 9.17) is 15.1 Å². The van der Waals surface area contributed by atoms with E-state index in [0.29, 0.717) is 12.5 Å². The van der Waals surface area contributed by atoms with Crippen molar-refractivity contribution in [3.63, 3.8) is 0 Å². The molecule has 1 aromatic carbocycles. The van der Waals surface area contributed by atoms with Gasteiger partial charge in [-0.25, -0.2) is 0 Å². The summed E-state index contributed by atoms with van der Waals surface area (Å²) in [7, 11) is -1.43. The Balaban J connectivity index is 2.08. The topological polar surface area (TPSA) is 45.0 Å². The summed E-state index contributed by atoms with van der Waals surface area (Å²) in [6, 6.07) is 10.7. The lowest BCUT2D eigenvalue weighted by Crippen LogP contribution is -2.41. The van der Waals surface area contributed by atoms with Gasteiger partial charge in [-0.15, -0.1) is 0 Å². The number of hydrogen-bond acceptors (Lipinski definition) is 3. The van der Waals surface area contributed by atoms with Crippen LogP contribution in [0.1, 0.15) is 39.7 Å². The van der Waals surface area contributed by atoms with Crippen molar-refractivity contribution in [1.29, 1.82) is 0 Å². The molecule has 0 fully saturated rings. The van der Waals surface area contributed by atoms with Crippen molar-refractivity contribution < 1.29 is 5.11 Å². The predicted molar refractivity (Wildman–Crippen MR) is 112 cm³/mol. The van der Waals surface area contributed by atoms with Crippen LogP contribution in [0.15, 0.2) is 34.3 Å². The monoisotopic (exact) mass is 358 g/mol. The van der Waals surface area contributed by atoms with Gasteiger partial charge in [0.25, 0.3) is 0 Å². The Morgan fingerprint density at radius 3 is 2.24 bits per heavy atom. The van der Waals surface area contributed by atoms with Gasteiger partial charge in [0.2, 0.25) is 0 Å². The van der Waals surface area contributed by atoms with Crippen molar-refractivity contribution in [3.05, 3.63) is 29.8 Å². The Morgan fingerprint density at radius 2 is 1.68 bits per heavy atom. The third-order valence-corrected chi connectivity index (χ3v) is 8.87. The molecule has 4 heteroatoms. The van der Waals surface area contributed by atoms with Crippen molar-refractivity contribution in [2.45, 2.75) is 71.8 Å². The highest BCUT2D eigenvalue weighted by Gasteiger charge is 2.25. The zero-order valence-electron chi connectivity index (χ0n) is 16.7. The molecule has 0 spiro atoms. The number of benzene rings is 1. The second-order valence-electron chi connectivity index (χ2n) is 8.36. The minimum atomic E-state index is -1.43. The summed E-state index contributed by atoms with van der Waals surface area (Å²) in [4.78, 5) is 9.84. The molecular weight excluding hydrogens is 324 g/mol. The lowest BCUT2D eigenvalue weighted by atomic mass is 9.95. The van der Waals surface area contributed by atoms with Gasteiger partial charge in [0.1, 0.15) is 0 Å². The van der Waals surface area contributed by atoms with Crippen molar-refractivity contribution in [2.24, 2.45) is 15.9 Å². The van der Waals surface area contributed by atoms with Gasteiger partial charge in [-0.1, -0.05) is 62.4 Å². The van der Waals surface area contributed by atoms with Gasteiger partial charge < -0.3 is 5.11 Å². The van der Waals surface area contributed by atoms with Gasteiger partial charge in [-0.3, -0.25) is 9.98 Å². The van der Waals surface area contributed by atoms with Gasteiger partial charge in [0.05, 0.1) is 20.2 Å². The highest BCUT2D eigenvalue weighted by atomic mass is 28.3. The molecule has 3 nitrogen and oxygen atoms in total. The van der Waals surface area contributed by atoms with Crippen LogP contribution in [0.5, 0.6) is 0 Å². The number of aliphatic imine (C=N–C) groups is 2. The van der Waals surface area contributed by atoms with Crippen LogP contribution in [0, 0.1) is 5.92 Å². The molecule has 25 heavy (non-hydrogen) atoms. The van der Waals surface area contributed by atoms with Gasteiger partial charge in [0.15, 0.2) is 0 Å². The molecule has 1 N–H and O–H groups in total. The maximum atomic E-state index is 9.10.